The summed E-state index contributed by atoms with van der Waals surface area (Å²) < 4.78 is 1.97. The standard InChI is InChI=1S/C22H30N6/c1-4-23-22(25-16-21-27-26-20-9-5-6-15-28(20)21)24-14-7-8-18-10-12-19(13-11-18)17(2)3/h5-6,9-13,15,17H,4,7-8,14,16H2,1-3H3,(H2,23,24,25). The minimum atomic E-state index is 0.483. The smallest absolute Gasteiger partial charge is 0.191 e. The number of aliphatic imine (C=N–C) groups is 1. The van der Waals surface area contributed by atoms with Gasteiger partial charge in [0.1, 0.15) is 6.54 Å². The molecule has 0 atom stereocenters. The molecule has 3 aromatic rings. The van der Waals surface area contributed by atoms with Gasteiger partial charge in [-0.2, -0.15) is 0 Å². The number of benzene rings is 1. The highest BCUT2D eigenvalue weighted by molar-refractivity contribution is 5.79. The average Bonchev–Trinajstić information content (AvgIpc) is 3.13. The highest BCUT2D eigenvalue weighted by Crippen LogP contribution is 2.15. The first kappa shape index (κ1) is 19.9. The summed E-state index contributed by atoms with van der Waals surface area (Å²) in [4.78, 5) is 4.65. The minimum absolute atomic E-state index is 0.483. The molecule has 1 aromatic carbocycles. The Morgan fingerprint density at radius 3 is 2.64 bits per heavy atom. The van der Waals surface area contributed by atoms with Crippen LogP contribution in [0.25, 0.3) is 5.65 Å². The largest absolute Gasteiger partial charge is 0.357 e. The molecule has 2 aromatic heterocycles. The summed E-state index contributed by atoms with van der Waals surface area (Å²) >= 11 is 0. The van der Waals surface area contributed by atoms with E-state index < -0.39 is 0 Å². The Morgan fingerprint density at radius 1 is 1.07 bits per heavy atom. The van der Waals surface area contributed by atoms with Gasteiger partial charge in [0.15, 0.2) is 17.4 Å². The molecule has 6 nitrogen and oxygen atoms in total. The maximum absolute atomic E-state index is 4.65. The van der Waals surface area contributed by atoms with Gasteiger partial charge in [-0.1, -0.05) is 44.2 Å². The van der Waals surface area contributed by atoms with Gasteiger partial charge in [-0.15, -0.1) is 10.2 Å². The summed E-state index contributed by atoms with van der Waals surface area (Å²) in [6.45, 7) is 8.70. The highest BCUT2D eigenvalue weighted by Gasteiger charge is 2.05. The van der Waals surface area contributed by atoms with Gasteiger partial charge < -0.3 is 10.6 Å². The zero-order chi connectivity index (χ0) is 19.8. The molecule has 0 unspecified atom stereocenters. The summed E-state index contributed by atoms with van der Waals surface area (Å²) in [5.74, 6) is 2.22. The van der Waals surface area contributed by atoms with E-state index >= 15 is 0 Å². The van der Waals surface area contributed by atoms with Crippen LogP contribution in [-0.2, 0) is 13.0 Å². The van der Waals surface area contributed by atoms with Crippen LogP contribution in [0.4, 0.5) is 0 Å². The molecule has 0 aliphatic heterocycles. The topological polar surface area (TPSA) is 66.6 Å². The van der Waals surface area contributed by atoms with Crippen LogP contribution in [-0.4, -0.2) is 33.6 Å². The number of aryl methyl sites for hydroxylation is 1. The molecule has 148 valence electrons. The lowest BCUT2D eigenvalue weighted by molar-refractivity contribution is 0.739. The second kappa shape index (κ2) is 9.88. The zero-order valence-electron chi connectivity index (χ0n) is 17.0. The summed E-state index contributed by atoms with van der Waals surface area (Å²) in [5, 5.41) is 15.1. The van der Waals surface area contributed by atoms with Gasteiger partial charge >= 0.3 is 0 Å². The van der Waals surface area contributed by atoms with Crippen molar-refractivity contribution in [1.82, 2.24) is 25.2 Å². The quantitative estimate of drug-likeness (QED) is 0.357. The van der Waals surface area contributed by atoms with Gasteiger partial charge in [0, 0.05) is 19.3 Å². The number of nitrogens with zero attached hydrogens (tertiary/aromatic N) is 4. The number of pyridine rings is 1. The van der Waals surface area contributed by atoms with Crippen molar-refractivity contribution in [1.29, 1.82) is 0 Å². The Hall–Kier alpha value is -2.89. The van der Waals surface area contributed by atoms with E-state index in [0.717, 1.165) is 43.4 Å². The molecular weight excluding hydrogens is 348 g/mol. The van der Waals surface area contributed by atoms with Crippen molar-refractivity contribution in [3.05, 3.63) is 65.6 Å². The van der Waals surface area contributed by atoms with Crippen LogP contribution in [0, 0.1) is 0 Å². The first-order chi connectivity index (χ1) is 13.7. The molecule has 0 radical (unpaired) electrons. The molecule has 2 heterocycles. The lowest BCUT2D eigenvalue weighted by atomic mass is 10.0. The summed E-state index contributed by atoms with van der Waals surface area (Å²) in [5.41, 5.74) is 3.61. The average molecular weight is 379 g/mol. The predicted molar refractivity (Wildman–Crippen MR) is 115 cm³/mol. The van der Waals surface area contributed by atoms with Gasteiger partial charge in [-0.05, 0) is 48.9 Å². The lowest BCUT2D eigenvalue weighted by Crippen LogP contribution is -2.37. The van der Waals surface area contributed by atoms with Crippen molar-refractivity contribution in [3.63, 3.8) is 0 Å². The SMILES string of the molecule is CCNC(=NCc1nnc2ccccn12)NCCCc1ccc(C(C)C)cc1. The molecule has 0 fully saturated rings. The van der Waals surface area contributed by atoms with Crippen LogP contribution in [0.15, 0.2) is 53.7 Å². The Balaban J connectivity index is 1.50. The lowest BCUT2D eigenvalue weighted by Gasteiger charge is -2.11. The predicted octanol–water partition coefficient (Wildman–Crippen LogP) is 3.54. The van der Waals surface area contributed by atoms with Crippen molar-refractivity contribution >= 4 is 11.6 Å². The van der Waals surface area contributed by atoms with Crippen molar-refractivity contribution in [3.8, 4) is 0 Å². The fourth-order valence-corrected chi connectivity index (χ4v) is 3.06. The Kier molecular flexibility index (Phi) is 7.00. The van der Waals surface area contributed by atoms with E-state index in [0.29, 0.717) is 12.5 Å². The molecule has 0 bridgehead atoms. The molecule has 0 spiro atoms. The minimum Gasteiger partial charge on any atom is -0.357 e. The van der Waals surface area contributed by atoms with E-state index in [-0.39, 0.29) is 0 Å². The fraction of sp³-hybridized carbons (Fsp3) is 0.409. The number of rotatable bonds is 8. The molecule has 3 rings (SSSR count). The van der Waals surface area contributed by atoms with Crippen LogP contribution in [0.3, 0.4) is 0 Å². The third-order valence-corrected chi connectivity index (χ3v) is 4.69. The maximum atomic E-state index is 4.65. The first-order valence-electron chi connectivity index (χ1n) is 10.1. The molecule has 0 amide bonds. The Bertz CT molecular complexity index is 895. The monoisotopic (exact) mass is 378 g/mol. The van der Waals surface area contributed by atoms with Gasteiger partial charge in [-0.25, -0.2) is 4.99 Å². The van der Waals surface area contributed by atoms with Crippen LogP contribution in [0.1, 0.15) is 50.1 Å². The van der Waals surface area contributed by atoms with Gasteiger partial charge in [0.2, 0.25) is 0 Å². The van der Waals surface area contributed by atoms with Crippen molar-refractivity contribution in [2.75, 3.05) is 13.1 Å². The van der Waals surface area contributed by atoms with E-state index in [1.165, 1.54) is 11.1 Å². The van der Waals surface area contributed by atoms with Gasteiger partial charge in [0.25, 0.3) is 0 Å². The van der Waals surface area contributed by atoms with Crippen LogP contribution >= 0.6 is 0 Å². The van der Waals surface area contributed by atoms with Gasteiger partial charge in [-0.3, -0.25) is 4.40 Å². The van der Waals surface area contributed by atoms with E-state index in [1.54, 1.807) is 0 Å². The fourth-order valence-electron chi connectivity index (χ4n) is 3.06. The molecule has 2 N–H and O–H groups in total. The number of hydrogen-bond donors (Lipinski definition) is 2. The van der Waals surface area contributed by atoms with E-state index in [1.807, 2.05) is 28.8 Å². The zero-order valence-corrected chi connectivity index (χ0v) is 17.0. The summed E-state index contributed by atoms with van der Waals surface area (Å²) in [6, 6.07) is 14.8. The van der Waals surface area contributed by atoms with Crippen molar-refractivity contribution < 1.29 is 0 Å². The summed E-state index contributed by atoms with van der Waals surface area (Å²) in [6.07, 6.45) is 4.07. The van der Waals surface area contributed by atoms with Crippen molar-refractivity contribution in [2.24, 2.45) is 4.99 Å². The van der Waals surface area contributed by atoms with Crippen molar-refractivity contribution in [2.45, 2.75) is 46.1 Å². The first-order valence-corrected chi connectivity index (χ1v) is 10.1. The second-order valence-corrected chi connectivity index (χ2v) is 7.17. The number of aromatic nitrogens is 3. The van der Waals surface area contributed by atoms with E-state index in [9.17, 15) is 0 Å². The second-order valence-electron chi connectivity index (χ2n) is 7.17. The third kappa shape index (κ3) is 5.31. The Labute approximate surface area is 167 Å². The molecule has 6 heteroatoms. The molecule has 0 saturated carbocycles. The number of guanidine groups is 1. The molecular formula is C22H30N6. The number of hydrogen-bond acceptors (Lipinski definition) is 3. The molecule has 0 saturated heterocycles. The third-order valence-electron chi connectivity index (χ3n) is 4.69. The van der Waals surface area contributed by atoms with E-state index in [2.05, 4.69) is 70.9 Å². The summed E-state index contributed by atoms with van der Waals surface area (Å²) in [7, 11) is 0. The van der Waals surface area contributed by atoms with Crippen LogP contribution < -0.4 is 10.6 Å². The maximum Gasteiger partial charge on any atom is 0.191 e. The number of fused-ring (bicyclic) bond motifs is 1. The van der Waals surface area contributed by atoms with E-state index in [4.69, 9.17) is 0 Å². The molecule has 0 aliphatic carbocycles. The molecule has 28 heavy (non-hydrogen) atoms. The van der Waals surface area contributed by atoms with Crippen LogP contribution in [0.2, 0.25) is 0 Å². The Morgan fingerprint density at radius 2 is 1.89 bits per heavy atom. The van der Waals surface area contributed by atoms with Gasteiger partial charge in [0.05, 0.1) is 0 Å². The molecule has 0 aliphatic rings. The normalized spacial score (nSPS) is 11.9. The van der Waals surface area contributed by atoms with Crippen LogP contribution in [0.5, 0.6) is 0 Å². The highest BCUT2D eigenvalue weighted by atomic mass is 15.3. The number of nitrogens with one attached hydrogen (secondary N) is 2.